The zero-order valence-electron chi connectivity index (χ0n) is 19.9. The molecule has 1 aromatic rings. The number of carbonyl (C=O) groups excluding carboxylic acids is 2. The number of hydrogen-bond acceptors (Lipinski definition) is 6. The van der Waals surface area contributed by atoms with Crippen LogP contribution in [0, 0.1) is 11.8 Å². The highest BCUT2D eigenvalue weighted by atomic mass is 35.5. The fourth-order valence-electron chi connectivity index (χ4n) is 5.42. The fourth-order valence-corrected chi connectivity index (χ4v) is 7.36. The second kappa shape index (κ2) is 9.94. The molecule has 0 saturated carbocycles. The SMILES string of the molecule is C[C@@H](O)[C@H]1C(=O)N2C(C(=O)O)=C(S[C@H]3C[C@@H](C(=O)N(C)C)N(Cc4cccc(Cl)c4Cl)C3)[C@H](C)[C@H]12. The molecule has 2 amide bonds. The van der Waals surface area contributed by atoms with Crippen LogP contribution >= 0.6 is 35.0 Å². The molecule has 2 N–H and O–H groups in total. The maximum Gasteiger partial charge on any atom is 0.353 e. The van der Waals surface area contributed by atoms with Crippen LogP contribution in [0.2, 0.25) is 10.0 Å². The first-order valence-electron chi connectivity index (χ1n) is 11.5. The zero-order chi connectivity index (χ0) is 25.8. The van der Waals surface area contributed by atoms with Gasteiger partial charge in [0.05, 0.1) is 34.2 Å². The minimum atomic E-state index is -1.15. The quantitative estimate of drug-likeness (QED) is 0.511. The molecule has 3 heterocycles. The number of aliphatic hydroxyl groups is 1. The number of nitrogens with zero attached hydrogens (tertiary/aromatic N) is 3. The lowest BCUT2D eigenvalue weighted by Gasteiger charge is -2.46. The highest BCUT2D eigenvalue weighted by Gasteiger charge is 2.60. The number of likely N-dealkylation sites (N-methyl/N-ethyl adjacent to an activating group) is 1. The lowest BCUT2D eigenvalue weighted by atomic mass is 9.79. The Kier molecular flexibility index (Phi) is 7.46. The number of halogens is 2. The molecule has 1 aromatic carbocycles. The highest BCUT2D eigenvalue weighted by molar-refractivity contribution is 8.03. The van der Waals surface area contributed by atoms with Gasteiger partial charge in [-0.15, -0.1) is 11.8 Å². The number of carboxylic acids is 1. The Morgan fingerprint density at radius 1 is 1.29 bits per heavy atom. The van der Waals surface area contributed by atoms with Crippen molar-refractivity contribution < 1.29 is 24.6 Å². The van der Waals surface area contributed by atoms with Gasteiger partial charge in [-0.2, -0.15) is 0 Å². The standard InChI is InChI=1S/C24H29Cl2N3O5S/c1-11-19-17(12(2)30)23(32)29(19)20(24(33)34)21(11)35-14-8-16(22(31)27(3)4)28(10-14)9-13-6-5-7-15(25)18(13)26/h5-7,11-12,14,16-17,19,30H,8-10H2,1-4H3,(H,33,34)/t11-,12-,14+,16+,17-,19-/m1/s1. The third-order valence-corrected chi connectivity index (χ3v) is 9.45. The Balaban J connectivity index is 1.59. The van der Waals surface area contributed by atoms with Crippen molar-refractivity contribution in [3.8, 4) is 0 Å². The number of aliphatic carboxylic acids is 1. The number of carboxylic acid groups (broad SMARTS) is 1. The maximum absolute atomic E-state index is 13.0. The van der Waals surface area contributed by atoms with Gasteiger partial charge in [0.1, 0.15) is 5.70 Å². The highest BCUT2D eigenvalue weighted by Crippen LogP contribution is 2.52. The number of benzene rings is 1. The third-order valence-electron chi connectivity index (χ3n) is 7.10. The van der Waals surface area contributed by atoms with Gasteiger partial charge in [-0.1, -0.05) is 42.3 Å². The number of aliphatic hydroxyl groups excluding tert-OH is 1. The third kappa shape index (κ3) is 4.57. The second-order valence-corrected chi connectivity index (χ2v) is 11.8. The molecule has 0 bridgehead atoms. The van der Waals surface area contributed by atoms with E-state index in [1.165, 1.54) is 16.7 Å². The number of likely N-dealkylation sites (tertiary alicyclic amines) is 1. The van der Waals surface area contributed by atoms with Crippen molar-refractivity contribution in [3.63, 3.8) is 0 Å². The summed E-state index contributed by atoms with van der Waals surface area (Å²) in [5.74, 6) is -2.37. The predicted octanol–water partition coefficient (Wildman–Crippen LogP) is 2.91. The molecule has 3 aliphatic rings. The van der Waals surface area contributed by atoms with Gasteiger partial charge in [0, 0.05) is 43.3 Å². The van der Waals surface area contributed by atoms with Gasteiger partial charge in [0.25, 0.3) is 0 Å². The Morgan fingerprint density at radius 3 is 2.57 bits per heavy atom. The Labute approximate surface area is 218 Å². The predicted molar refractivity (Wildman–Crippen MR) is 135 cm³/mol. The van der Waals surface area contributed by atoms with E-state index in [0.29, 0.717) is 34.5 Å². The molecule has 2 fully saturated rings. The molecule has 0 radical (unpaired) electrons. The summed E-state index contributed by atoms with van der Waals surface area (Å²) in [4.78, 5) is 43.4. The summed E-state index contributed by atoms with van der Waals surface area (Å²) in [5, 5.41) is 20.8. The number of amides is 2. The topological polar surface area (TPSA) is 101 Å². The summed E-state index contributed by atoms with van der Waals surface area (Å²) >= 11 is 14.0. The summed E-state index contributed by atoms with van der Waals surface area (Å²) in [6.45, 7) is 4.43. The van der Waals surface area contributed by atoms with E-state index in [9.17, 15) is 24.6 Å². The van der Waals surface area contributed by atoms with Crippen LogP contribution in [0.3, 0.4) is 0 Å². The number of carbonyl (C=O) groups is 3. The molecule has 6 atom stereocenters. The van der Waals surface area contributed by atoms with Crippen molar-refractivity contribution in [2.45, 2.75) is 50.3 Å². The number of thioether (sulfide) groups is 1. The molecule has 0 unspecified atom stereocenters. The molecule has 0 aromatic heterocycles. The van der Waals surface area contributed by atoms with Crippen molar-refractivity contribution in [3.05, 3.63) is 44.4 Å². The molecule has 2 saturated heterocycles. The van der Waals surface area contributed by atoms with Gasteiger partial charge in [-0.25, -0.2) is 4.79 Å². The summed E-state index contributed by atoms with van der Waals surface area (Å²) in [6, 6.07) is 4.65. The minimum Gasteiger partial charge on any atom is -0.477 e. The monoisotopic (exact) mass is 541 g/mol. The van der Waals surface area contributed by atoms with Gasteiger partial charge in [0.2, 0.25) is 11.8 Å². The van der Waals surface area contributed by atoms with Crippen LogP contribution in [-0.4, -0.2) is 86.8 Å². The van der Waals surface area contributed by atoms with Crippen LogP contribution < -0.4 is 0 Å². The Morgan fingerprint density at radius 2 is 1.97 bits per heavy atom. The molecule has 8 nitrogen and oxygen atoms in total. The van der Waals surface area contributed by atoms with Crippen molar-refractivity contribution >= 4 is 52.7 Å². The molecular weight excluding hydrogens is 513 g/mol. The number of fused-ring (bicyclic) bond motifs is 1. The van der Waals surface area contributed by atoms with Crippen LogP contribution in [0.15, 0.2) is 28.8 Å². The molecular formula is C24H29Cl2N3O5S. The van der Waals surface area contributed by atoms with E-state index < -0.39 is 24.0 Å². The van der Waals surface area contributed by atoms with Gasteiger partial charge < -0.3 is 20.0 Å². The average Bonchev–Trinajstić information content (AvgIpc) is 3.27. The van der Waals surface area contributed by atoms with E-state index in [1.807, 2.05) is 19.1 Å². The van der Waals surface area contributed by atoms with Crippen molar-refractivity contribution in [2.75, 3.05) is 20.6 Å². The second-order valence-electron chi connectivity index (χ2n) is 9.64. The van der Waals surface area contributed by atoms with Crippen LogP contribution in [0.4, 0.5) is 0 Å². The molecule has 4 rings (SSSR count). The van der Waals surface area contributed by atoms with Crippen molar-refractivity contribution in [1.82, 2.24) is 14.7 Å². The summed E-state index contributed by atoms with van der Waals surface area (Å²) in [5.41, 5.74) is 0.816. The van der Waals surface area contributed by atoms with Gasteiger partial charge in [0.15, 0.2) is 0 Å². The van der Waals surface area contributed by atoms with E-state index in [2.05, 4.69) is 4.90 Å². The fraction of sp³-hybridized carbons (Fsp3) is 0.542. The lowest BCUT2D eigenvalue weighted by molar-refractivity contribution is -0.163. The molecule has 11 heteroatoms. The molecule has 0 aliphatic carbocycles. The number of β-lactam (4-membered cyclic amide) rings is 1. The molecule has 35 heavy (non-hydrogen) atoms. The first-order valence-corrected chi connectivity index (χ1v) is 13.1. The Bertz CT molecular complexity index is 1090. The van der Waals surface area contributed by atoms with Crippen LogP contribution in [0.1, 0.15) is 25.8 Å². The van der Waals surface area contributed by atoms with E-state index in [0.717, 1.165) is 5.56 Å². The molecule has 0 spiro atoms. The normalized spacial score (nSPS) is 29.3. The van der Waals surface area contributed by atoms with Crippen LogP contribution in [0.25, 0.3) is 0 Å². The molecule has 3 aliphatic heterocycles. The van der Waals surface area contributed by atoms with E-state index >= 15 is 0 Å². The van der Waals surface area contributed by atoms with E-state index in [-0.39, 0.29) is 34.7 Å². The smallest absolute Gasteiger partial charge is 0.353 e. The summed E-state index contributed by atoms with van der Waals surface area (Å²) < 4.78 is 0. The van der Waals surface area contributed by atoms with Gasteiger partial charge in [-0.05, 0) is 25.0 Å². The average molecular weight is 542 g/mol. The van der Waals surface area contributed by atoms with Crippen molar-refractivity contribution in [2.24, 2.45) is 11.8 Å². The van der Waals surface area contributed by atoms with E-state index in [4.69, 9.17) is 23.2 Å². The first-order chi connectivity index (χ1) is 16.4. The number of hydrogen-bond donors (Lipinski definition) is 2. The largest absolute Gasteiger partial charge is 0.477 e. The zero-order valence-corrected chi connectivity index (χ0v) is 22.3. The summed E-state index contributed by atoms with van der Waals surface area (Å²) in [6.07, 6.45) is -0.321. The van der Waals surface area contributed by atoms with Crippen LogP contribution in [-0.2, 0) is 20.9 Å². The minimum absolute atomic E-state index is 0.00113. The van der Waals surface area contributed by atoms with Crippen molar-refractivity contribution in [1.29, 1.82) is 0 Å². The van der Waals surface area contributed by atoms with Gasteiger partial charge >= 0.3 is 5.97 Å². The van der Waals surface area contributed by atoms with Crippen LogP contribution in [0.5, 0.6) is 0 Å². The first kappa shape index (κ1) is 26.3. The van der Waals surface area contributed by atoms with Gasteiger partial charge in [-0.3, -0.25) is 14.5 Å². The number of rotatable bonds is 7. The summed E-state index contributed by atoms with van der Waals surface area (Å²) in [7, 11) is 3.43. The molecule has 190 valence electrons. The van der Waals surface area contributed by atoms with E-state index in [1.54, 1.807) is 32.0 Å². The lowest BCUT2D eigenvalue weighted by Crippen LogP contribution is -2.63. The maximum atomic E-state index is 13.0. The Hall–Kier alpha value is -1.78.